The van der Waals surface area contributed by atoms with Gasteiger partial charge in [0.1, 0.15) is 5.00 Å². The molecular weight excluding hydrogens is 182 g/mol. The third-order valence-electron chi connectivity index (χ3n) is 2.08. The monoisotopic (exact) mass is 199 g/mol. The number of hydrogen-bond acceptors (Lipinski definition) is 4. The second-order valence-corrected chi connectivity index (χ2v) is 4.53. The maximum absolute atomic E-state index is 5.59. The molecule has 1 heterocycles. The van der Waals surface area contributed by atoms with Crippen LogP contribution in [-0.2, 0) is 0 Å². The molecule has 13 heavy (non-hydrogen) atoms. The first-order valence-corrected chi connectivity index (χ1v) is 5.43. The number of nitrogens with one attached hydrogen (secondary N) is 1. The van der Waals surface area contributed by atoms with Crippen LogP contribution < -0.4 is 11.1 Å². The van der Waals surface area contributed by atoms with E-state index < -0.39 is 0 Å². The van der Waals surface area contributed by atoms with Gasteiger partial charge >= 0.3 is 0 Å². The van der Waals surface area contributed by atoms with Crippen molar-refractivity contribution in [3.05, 3.63) is 6.20 Å². The lowest BCUT2D eigenvalue weighted by atomic mass is 10.0. The summed E-state index contributed by atoms with van der Waals surface area (Å²) >= 11 is 1.50. The summed E-state index contributed by atoms with van der Waals surface area (Å²) < 4.78 is 0. The van der Waals surface area contributed by atoms with E-state index in [0.29, 0.717) is 12.0 Å². The minimum Gasteiger partial charge on any atom is -0.389 e. The highest BCUT2D eigenvalue weighted by Crippen LogP contribution is 2.22. The third-order valence-corrected chi connectivity index (χ3v) is 2.83. The summed E-state index contributed by atoms with van der Waals surface area (Å²) in [5, 5.41) is 5.07. The maximum atomic E-state index is 5.59. The average Bonchev–Trinajstić information content (AvgIpc) is 2.46. The minimum absolute atomic E-state index is 0.491. The Kier molecular flexibility index (Phi) is 3.54. The third kappa shape index (κ3) is 2.88. The zero-order valence-corrected chi connectivity index (χ0v) is 9.19. The summed E-state index contributed by atoms with van der Waals surface area (Å²) in [5.74, 6) is 0.620. The number of nitrogens with zero attached hydrogens (tertiary/aromatic N) is 1. The lowest BCUT2D eigenvalue weighted by Gasteiger charge is -2.19. The van der Waals surface area contributed by atoms with Crippen LogP contribution in [-0.4, -0.2) is 11.0 Å². The van der Waals surface area contributed by atoms with E-state index >= 15 is 0 Å². The summed E-state index contributed by atoms with van der Waals surface area (Å²) in [7, 11) is 0. The van der Waals surface area contributed by atoms with Crippen LogP contribution >= 0.6 is 11.3 Å². The van der Waals surface area contributed by atoms with Crippen LogP contribution in [0, 0.1) is 5.92 Å². The van der Waals surface area contributed by atoms with E-state index in [0.717, 1.165) is 16.6 Å². The molecule has 0 saturated carbocycles. The second-order valence-electron chi connectivity index (χ2n) is 3.47. The van der Waals surface area contributed by atoms with Crippen LogP contribution in [0.1, 0.15) is 27.2 Å². The van der Waals surface area contributed by atoms with Crippen molar-refractivity contribution in [3.8, 4) is 0 Å². The summed E-state index contributed by atoms with van der Waals surface area (Å²) in [5.41, 5.74) is 5.59. The van der Waals surface area contributed by atoms with E-state index in [2.05, 4.69) is 31.1 Å². The highest BCUT2D eigenvalue weighted by molar-refractivity contribution is 7.19. The van der Waals surface area contributed by atoms with Gasteiger partial charge in [0, 0.05) is 6.04 Å². The Labute approximate surface area is 83.4 Å². The molecule has 0 bridgehead atoms. The molecule has 1 aromatic rings. The number of aromatic nitrogens is 1. The van der Waals surface area contributed by atoms with Crippen molar-refractivity contribution in [1.82, 2.24) is 4.98 Å². The lowest BCUT2D eigenvalue weighted by Crippen LogP contribution is -2.24. The Bertz CT molecular complexity index is 257. The maximum Gasteiger partial charge on any atom is 0.184 e. The molecule has 4 heteroatoms. The molecule has 0 aliphatic carbocycles. The molecule has 0 aromatic carbocycles. The van der Waals surface area contributed by atoms with Crippen LogP contribution in [0.5, 0.6) is 0 Å². The standard InChI is InChI=1S/C9H17N3S/c1-4-7(6(2)3)12-9-11-5-8(10)13-9/h5-7H,4,10H2,1-3H3,(H,11,12). The number of thiazole rings is 1. The first kappa shape index (κ1) is 10.3. The van der Waals surface area contributed by atoms with Gasteiger partial charge in [-0.3, -0.25) is 0 Å². The fourth-order valence-corrected chi connectivity index (χ4v) is 1.90. The van der Waals surface area contributed by atoms with Crippen molar-refractivity contribution in [2.75, 3.05) is 11.1 Å². The number of nitrogen functional groups attached to an aromatic ring is 1. The Morgan fingerprint density at radius 1 is 1.62 bits per heavy atom. The van der Waals surface area contributed by atoms with Gasteiger partial charge in [0.2, 0.25) is 0 Å². The highest BCUT2D eigenvalue weighted by atomic mass is 32.1. The first-order valence-electron chi connectivity index (χ1n) is 4.61. The SMILES string of the molecule is CCC(Nc1ncc(N)s1)C(C)C. The van der Waals surface area contributed by atoms with Crippen LogP contribution in [0.15, 0.2) is 6.20 Å². The fraction of sp³-hybridized carbons (Fsp3) is 0.667. The van der Waals surface area contributed by atoms with Gasteiger partial charge in [-0.15, -0.1) is 0 Å². The van der Waals surface area contributed by atoms with E-state index in [1.807, 2.05) is 0 Å². The largest absolute Gasteiger partial charge is 0.389 e. The smallest absolute Gasteiger partial charge is 0.184 e. The molecule has 0 amide bonds. The van der Waals surface area contributed by atoms with E-state index in [-0.39, 0.29) is 0 Å². The van der Waals surface area contributed by atoms with Gasteiger partial charge in [-0.05, 0) is 12.3 Å². The molecule has 0 aliphatic heterocycles. The van der Waals surface area contributed by atoms with Crippen molar-refractivity contribution < 1.29 is 0 Å². The van der Waals surface area contributed by atoms with Crippen molar-refractivity contribution >= 4 is 21.5 Å². The fourth-order valence-electron chi connectivity index (χ4n) is 1.25. The number of rotatable bonds is 4. The number of nitrogens with two attached hydrogens (primary N) is 1. The quantitative estimate of drug-likeness (QED) is 0.783. The zero-order valence-electron chi connectivity index (χ0n) is 8.37. The topological polar surface area (TPSA) is 50.9 Å². The van der Waals surface area contributed by atoms with Gasteiger partial charge in [-0.1, -0.05) is 32.1 Å². The van der Waals surface area contributed by atoms with Gasteiger partial charge in [0.15, 0.2) is 5.13 Å². The minimum atomic E-state index is 0.491. The van der Waals surface area contributed by atoms with Gasteiger partial charge in [-0.25, -0.2) is 4.98 Å². The van der Waals surface area contributed by atoms with E-state index in [1.54, 1.807) is 6.20 Å². The van der Waals surface area contributed by atoms with E-state index in [1.165, 1.54) is 11.3 Å². The van der Waals surface area contributed by atoms with Gasteiger partial charge in [-0.2, -0.15) is 0 Å². The predicted octanol–water partition coefficient (Wildman–Crippen LogP) is 2.57. The summed E-state index contributed by atoms with van der Waals surface area (Å²) in [4.78, 5) is 4.17. The summed E-state index contributed by atoms with van der Waals surface area (Å²) in [6, 6.07) is 0.491. The van der Waals surface area contributed by atoms with Crippen LogP contribution in [0.2, 0.25) is 0 Å². The summed E-state index contributed by atoms with van der Waals surface area (Å²) in [6.07, 6.45) is 2.80. The van der Waals surface area contributed by atoms with Crippen LogP contribution in [0.25, 0.3) is 0 Å². The molecule has 74 valence electrons. The Hall–Kier alpha value is -0.770. The highest BCUT2D eigenvalue weighted by Gasteiger charge is 2.11. The first-order chi connectivity index (χ1) is 6.13. The molecule has 0 spiro atoms. The average molecular weight is 199 g/mol. The normalized spacial score (nSPS) is 13.2. The molecule has 3 nitrogen and oxygen atoms in total. The Balaban J connectivity index is 2.56. The molecule has 1 unspecified atom stereocenters. The second kappa shape index (κ2) is 4.46. The van der Waals surface area contributed by atoms with Crippen molar-refractivity contribution in [2.24, 2.45) is 5.92 Å². The predicted molar refractivity (Wildman–Crippen MR) is 59.1 cm³/mol. The molecular formula is C9H17N3S. The van der Waals surface area contributed by atoms with Crippen molar-refractivity contribution in [3.63, 3.8) is 0 Å². The Morgan fingerprint density at radius 3 is 2.69 bits per heavy atom. The van der Waals surface area contributed by atoms with Gasteiger partial charge < -0.3 is 11.1 Å². The molecule has 0 radical (unpaired) electrons. The van der Waals surface area contributed by atoms with E-state index in [9.17, 15) is 0 Å². The zero-order chi connectivity index (χ0) is 9.84. The number of hydrogen-bond donors (Lipinski definition) is 2. The molecule has 1 aromatic heterocycles. The Morgan fingerprint density at radius 2 is 2.31 bits per heavy atom. The molecule has 1 atom stereocenters. The van der Waals surface area contributed by atoms with Gasteiger partial charge in [0.25, 0.3) is 0 Å². The van der Waals surface area contributed by atoms with Crippen molar-refractivity contribution in [2.45, 2.75) is 33.2 Å². The molecule has 0 aliphatic rings. The summed E-state index contributed by atoms with van der Waals surface area (Å²) in [6.45, 7) is 6.59. The molecule has 0 fully saturated rings. The lowest BCUT2D eigenvalue weighted by molar-refractivity contribution is 0.511. The van der Waals surface area contributed by atoms with Crippen LogP contribution in [0.3, 0.4) is 0 Å². The molecule has 1 rings (SSSR count). The molecule has 3 N–H and O–H groups in total. The van der Waals surface area contributed by atoms with Crippen molar-refractivity contribution in [1.29, 1.82) is 0 Å². The van der Waals surface area contributed by atoms with Gasteiger partial charge in [0.05, 0.1) is 6.20 Å². The van der Waals surface area contributed by atoms with Crippen LogP contribution in [0.4, 0.5) is 10.1 Å². The number of anilines is 2. The molecule has 0 saturated heterocycles. The van der Waals surface area contributed by atoms with E-state index in [4.69, 9.17) is 5.73 Å².